The summed E-state index contributed by atoms with van der Waals surface area (Å²) in [5.74, 6) is 0.285. The fourth-order valence-corrected chi connectivity index (χ4v) is 4.23. The summed E-state index contributed by atoms with van der Waals surface area (Å²) in [4.78, 5) is 42.8. The minimum Gasteiger partial charge on any atom is -0.383 e. The van der Waals surface area contributed by atoms with Gasteiger partial charge in [0.25, 0.3) is 5.56 Å². The number of halogens is 1. The molecule has 9 heteroatoms. The molecule has 3 aromatic rings. The van der Waals surface area contributed by atoms with Crippen LogP contribution in [0.3, 0.4) is 0 Å². The van der Waals surface area contributed by atoms with Crippen LogP contribution in [-0.4, -0.2) is 27.8 Å². The summed E-state index contributed by atoms with van der Waals surface area (Å²) < 4.78 is 1.28. The van der Waals surface area contributed by atoms with E-state index in [1.807, 2.05) is 49.4 Å². The number of amides is 1. The van der Waals surface area contributed by atoms with Gasteiger partial charge in [0.1, 0.15) is 5.82 Å². The van der Waals surface area contributed by atoms with Crippen LogP contribution in [0.15, 0.2) is 69.1 Å². The number of nitrogens with one attached hydrogen (secondary N) is 1. The van der Waals surface area contributed by atoms with Gasteiger partial charge in [-0.25, -0.2) is 4.79 Å². The number of aromatic nitrogens is 2. The van der Waals surface area contributed by atoms with Crippen molar-refractivity contribution >= 4 is 40.8 Å². The van der Waals surface area contributed by atoms with E-state index >= 15 is 0 Å². The lowest BCUT2D eigenvalue weighted by Gasteiger charge is -2.24. The highest BCUT2D eigenvalue weighted by molar-refractivity contribution is 7.99. The summed E-state index contributed by atoms with van der Waals surface area (Å²) in [6, 6.07) is 16.7. The maximum atomic E-state index is 13.0. The van der Waals surface area contributed by atoms with E-state index in [9.17, 15) is 14.4 Å². The molecule has 0 bridgehead atoms. The summed E-state index contributed by atoms with van der Waals surface area (Å²) in [6.45, 7) is 2.42. The van der Waals surface area contributed by atoms with Crippen LogP contribution in [-0.2, 0) is 11.3 Å². The van der Waals surface area contributed by atoms with E-state index in [-0.39, 0.29) is 30.4 Å². The van der Waals surface area contributed by atoms with Crippen molar-refractivity contribution in [2.24, 2.45) is 0 Å². The van der Waals surface area contributed by atoms with Gasteiger partial charge in [0.2, 0.25) is 5.91 Å². The number of hydrogen-bond acceptors (Lipinski definition) is 5. The minimum absolute atomic E-state index is 0.0175. The summed E-state index contributed by atoms with van der Waals surface area (Å²) in [6.07, 6.45) is 0.844. The third kappa shape index (κ3) is 5.83. The van der Waals surface area contributed by atoms with Gasteiger partial charge in [-0.05, 0) is 36.2 Å². The molecule has 0 aliphatic carbocycles. The van der Waals surface area contributed by atoms with Gasteiger partial charge in [0, 0.05) is 28.6 Å². The lowest BCUT2D eigenvalue weighted by molar-refractivity contribution is -0.118. The number of thioether (sulfide) groups is 1. The molecule has 2 aromatic carbocycles. The number of carbonyl (C=O) groups is 1. The van der Waals surface area contributed by atoms with Crippen LogP contribution in [0, 0.1) is 0 Å². The monoisotopic (exact) mass is 472 g/mol. The van der Waals surface area contributed by atoms with Gasteiger partial charge in [-0.1, -0.05) is 48.9 Å². The molecule has 3 N–H and O–H groups in total. The fraction of sp³-hybridized carbons (Fsp3) is 0.261. The molecule has 32 heavy (non-hydrogen) atoms. The highest BCUT2D eigenvalue weighted by atomic mass is 35.5. The Bertz CT molecular complexity index is 1180. The van der Waals surface area contributed by atoms with Gasteiger partial charge in [-0.15, -0.1) is 11.8 Å². The van der Waals surface area contributed by atoms with Crippen molar-refractivity contribution in [2.45, 2.75) is 31.2 Å². The van der Waals surface area contributed by atoms with Crippen LogP contribution >= 0.6 is 23.4 Å². The van der Waals surface area contributed by atoms with Crippen LogP contribution < -0.4 is 21.9 Å². The molecule has 3 rings (SSSR count). The molecule has 0 spiro atoms. The molecule has 0 unspecified atom stereocenters. The number of hydrogen-bond donors (Lipinski definition) is 2. The fourth-order valence-electron chi connectivity index (χ4n) is 3.27. The van der Waals surface area contributed by atoms with Crippen molar-refractivity contribution < 1.29 is 4.79 Å². The minimum atomic E-state index is -0.663. The quantitative estimate of drug-likeness (QED) is 0.462. The number of aromatic amines is 1. The number of carbonyl (C=O) groups excluding carboxylic acids is 1. The first-order valence-electron chi connectivity index (χ1n) is 10.3. The Morgan fingerprint density at radius 3 is 2.47 bits per heavy atom. The van der Waals surface area contributed by atoms with Crippen LogP contribution in [0.1, 0.15) is 25.3 Å². The summed E-state index contributed by atoms with van der Waals surface area (Å²) in [5.41, 5.74) is 5.87. The molecule has 0 saturated heterocycles. The highest BCUT2D eigenvalue weighted by Crippen LogP contribution is 2.23. The molecule has 1 aromatic heterocycles. The average Bonchev–Trinajstić information content (AvgIpc) is 2.78. The Morgan fingerprint density at radius 1 is 1.12 bits per heavy atom. The molecular weight excluding hydrogens is 448 g/mol. The van der Waals surface area contributed by atoms with Crippen LogP contribution in [0.25, 0.3) is 0 Å². The first-order chi connectivity index (χ1) is 15.4. The second-order valence-electron chi connectivity index (χ2n) is 7.16. The summed E-state index contributed by atoms with van der Waals surface area (Å²) >= 11 is 7.43. The lowest BCUT2D eigenvalue weighted by Crippen LogP contribution is -2.41. The molecule has 0 atom stereocenters. The standard InChI is InChI=1S/C23H25ClN4O3S/c1-2-13-27(19(29)12-14-32-18-10-8-17(24)9-11-18)20-21(25)28(23(31)26-22(20)30)15-16-6-4-3-5-7-16/h3-11H,2,12-15,25H2,1H3,(H,26,30,31). The third-order valence-corrected chi connectivity index (χ3v) is 6.08. The predicted molar refractivity (Wildman–Crippen MR) is 131 cm³/mol. The maximum Gasteiger partial charge on any atom is 0.330 e. The number of nitrogen functional groups attached to an aromatic ring is 1. The van der Waals surface area contributed by atoms with Gasteiger partial charge in [0.05, 0.1) is 6.54 Å². The Morgan fingerprint density at radius 2 is 1.81 bits per heavy atom. The Balaban J connectivity index is 1.83. The third-order valence-electron chi connectivity index (χ3n) is 4.81. The molecular formula is C23H25ClN4O3S. The van der Waals surface area contributed by atoms with Gasteiger partial charge in [-0.2, -0.15) is 0 Å². The van der Waals surface area contributed by atoms with Gasteiger partial charge < -0.3 is 10.6 Å². The van der Waals surface area contributed by atoms with Crippen molar-refractivity contribution in [3.63, 3.8) is 0 Å². The topological polar surface area (TPSA) is 101 Å². The van der Waals surface area contributed by atoms with Crippen molar-refractivity contribution in [1.82, 2.24) is 9.55 Å². The smallest absolute Gasteiger partial charge is 0.330 e. The molecule has 0 aliphatic heterocycles. The molecule has 0 saturated carbocycles. The van der Waals surface area contributed by atoms with Crippen molar-refractivity contribution in [3.8, 4) is 0 Å². The first-order valence-corrected chi connectivity index (χ1v) is 11.6. The van der Waals surface area contributed by atoms with E-state index in [1.54, 1.807) is 12.1 Å². The SMILES string of the molecule is CCCN(C(=O)CCSc1ccc(Cl)cc1)c1c(N)n(Cc2ccccc2)c(=O)[nH]c1=O. The first kappa shape index (κ1) is 23.7. The predicted octanol–water partition coefficient (Wildman–Crippen LogP) is 3.75. The van der Waals surface area contributed by atoms with Crippen LogP contribution in [0.2, 0.25) is 5.02 Å². The zero-order valence-corrected chi connectivity index (χ0v) is 19.3. The number of nitrogens with two attached hydrogens (primary N) is 1. The second kappa shape index (κ2) is 11.1. The molecule has 1 heterocycles. The number of nitrogens with zero attached hydrogens (tertiary/aromatic N) is 2. The highest BCUT2D eigenvalue weighted by Gasteiger charge is 2.23. The van der Waals surface area contributed by atoms with Crippen molar-refractivity contribution in [3.05, 3.63) is 86.0 Å². The Labute approximate surface area is 195 Å². The molecule has 1 amide bonds. The average molecular weight is 473 g/mol. The van der Waals surface area contributed by atoms with Crippen LogP contribution in [0.5, 0.6) is 0 Å². The normalized spacial score (nSPS) is 10.8. The zero-order valence-electron chi connectivity index (χ0n) is 17.7. The van der Waals surface area contributed by atoms with E-state index in [2.05, 4.69) is 4.98 Å². The Kier molecular flexibility index (Phi) is 8.19. The maximum absolute atomic E-state index is 13.0. The van der Waals surface area contributed by atoms with E-state index in [1.165, 1.54) is 21.2 Å². The van der Waals surface area contributed by atoms with Gasteiger partial charge >= 0.3 is 5.69 Å². The summed E-state index contributed by atoms with van der Waals surface area (Å²) in [5, 5.41) is 0.653. The van der Waals surface area contributed by atoms with Crippen molar-refractivity contribution in [2.75, 3.05) is 22.9 Å². The molecule has 0 aliphatic rings. The lowest BCUT2D eigenvalue weighted by atomic mass is 10.2. The van der Waals surface area contributed by atoms with Gasteiger partial charge in [0.15, 0.2) is 5.69 Å². The number of anilines is 2. The van der Waals surface area contributed by atoms with Crippen molar-refractivity contribution in [1.29, 1.82) is 0 Å². The zero-order chi connectivity index (χ0) is 23.1. The number of rotatable bonds is 9. The van der Waals surface area contributed by atoms with E-state index in [0.717, 1.165) is 10.5 Å². The summed E-state index contributed by atoms with van der Waals surface area (Å²) in [7, 11) is 0. The van der Waals surface area contributed by atoms with Crippen LogP contribution in [0.4, 0.5) is 11.5 Å². The largest absolute Gasteiger partial charge is 0.383 e. The molecule has 168 valence electrons. The molecule has 0 fully saturated rings. The van der Waals surface area contributed by atoms with Gasteiger partial charge in [-0.3, -0.25) is 19.1 Å². The Hall–Kier alpha value is -2.97. The second-order valence-corrected chi connectivity index (χ2v) is 8.77. The number of benzene rings is 2. The molecule has 0 radical (unpaired) electrons. The van der Waals surface area contributed by atoms with E-state index in [4.69, 9.17) is 17.3 Å². The van der Waals surface area contributed by atoms with E-state index < -0.39 is 11.2 Å². The molecule has 7 nitrogen and oxygen atoms in total. The number of H-pyrrole nitrogens is 1. The van der Waals surface area contributed by atoms with E-state index in [0.29, 0.717) is 23.7 Å².